The van der Waals surface area contributed by atoms with E-state index >= 15 is 0 Å². The van der Waals surface area contributed by atoms with E-state index in [0.29, 0.717) is 24.6 Å². The van der Waals surface area contributed by atoms with Gasteiger partial charge in [-0.1, -0.05) is 18.2 Å². The number of ether oxygens (including phenoxy) is 1. The van der Waals surface area contributed by atoms with E-state index in [1.165, 1.54) is 11.3 Å². The first kappa shape index (κ1) is 17.2. The smallest absolute Gasteiger partial charge is 0.357 e. The highest BCUT2D eigenvalue weighted by atomic mass is 32.1. The number of fused-ring (bicyclic) bond motifs is 1. The number of rotatable bonds is 6. The van der Waals surface area contributed by atoms with E-state index in [9.17, 15) is 9.59 Å². The Morgan fingerprint density at radius 3 is 2.92 bits per heavy atom. The molecule has 1 amide bonds. The molecule has 2 heterocycles. The fourth-order valence-electron chi connectivity index (χ4n) is 2.68. The van der Waals surface area contributed by atoms with Crippen LogP contribution in [0.1, 0.15) is 29.4 Å². The number of anilines is 1. The minimum absolute atomic E-state index is 0.127. The maximum atomic E-state index is 12.2. The molecular formula is C18H19N3O3S. The van der Waals surface area contributed by atoms with Gasteiger partial charge in [0, 0.05) is 35.9 Å². The van der Waals surface area contributed by atoms with Gasteiger partial charge in [0.2, 0.25) is 5.91 Å². The second kappa shape index (κ2) is 7.48. The van der Waals surface area contributed by atoms with Crippen molar-refractivity contribution in [1.29, 1.82) is 0 Å². The number of hydrogen-bond acceptors (Lipinski definition) is 5. The zero-order valence-corrected chi connectivity index (χ0v) is 14.9. The van der Waals surface area contributed by atoms with Crippen LogP contribution in [0, 0.1) is 0 Å². The molecule has 0 radical (unpaired) electrons. The van der Waals surface area contributed by atoms with Gasteiger partial charge in [0.25, 0.3) is 0 Å². The first-order valence-corrected chi connectivity index (χ1v) is 8.92. The maximum absolute atomic E-state index is 12.2. The van der Waals surface area contributed by atoms with Crippen molar-refractivity contribution in [3.63, 3.8) is 0 Å². The third-order valence-electron chi connectivity index (χ3n) is 3.84. The number of benzene rings is 1. The number of esters is 1. The third-order valence-corrected chi connectivity index (χ3v) is 4.59. The summed E-state index contributed by atoms with van der Waals surface area (Å²) < 4.78 is 6.95. The second-order valence-electron chi connectivity index (χ2n) is 5.59. The summed E-state index contributed by atoms with van der Waals surface area (Å²) in [7, 11) is 2.00. The fraction of sp³-hybridized carbons (Fsp3) is 0.278. The molecule has 0 saturated heterocycles. The first-order chi connectivity index (χ1) is 12.1. The average Bonchev–Trinajstić information content (AvgIpc) is 3.19. The number of amides is 1. The zero-order valence-electron chi connectivity index (χ0n) is 14.1. The molecule has 130 valence electrons. The molecule has 25 heavy (non-hydrogen) atoms. The molecule has 0 aliphatic carbocycles. The Hall–Kier alpha value is -2.67. The van der Waals surface area contributed by atoms with Crippen LogP contribution in [0.25, 0.3) is 10.9 Å². The van der Waals surface area contributed by atoms with Crippen LogP contribution in [0.4, 0.5) is 5.13 Å². The van der Waals surface area contributed by atoms with Crippen molar-refractivity contribution in [3.05, 3.63) is 47.1 Å². The molecule has 2 aromatic heterocycles. The van der Waals surface area contributed by atoms with Gasteiger partial charge in [-0.15, -0.1) is 11.3 Å². The molecule has 0 bridgehead atoms. The minimum Gasteiger partial charge on any atom is -0.461 e. The van der Waals surface area contributed by atoms with Gasteiger partial charge in [-0.25, -0.2) is 9.78 Å². The summed E-state index contributed by atoms with van der Waals surface area (Å²) in [5.41, 5.74) is 2.51. The van der Waals surface area contributed by atoms with Crippen LogP contribution in [-0.2, 0) is 23.0 Å². The highest BCUT2D eigenvalue weighted by Crippen LogP contribution is 2.22. The predicted molar refractivity (Wildman–Crippen MR) is 97.9 cm³/mol. The average molecular weight is 357 g/mol. The molecule has 6 nitrogen and oxygen atoms in total. The Balaban J connectivity index is 1.60. The molecule has 0 atom stereocenters. The highest BCUT2D eigenvalue weighted by Gasteiger charge is 2.14. The normalized spacial score (nSPS) is 10.8. The number of nitrogens with one attached hydrogen (secondary N) is 1. The van der Waals surface area contributed by atoms with E-state index in [-0.39, 0.29) is 11.6 Å². The first-order valence-electron chi connectivity index (χ1n) is 8.04. The van der Waals surface area contributed by atoms with E-state index < -0.39 is 5.97 Å². The quantitative estimate of drug-likeness (QED) is 0.687. The van der Waals surface area contributed by atoms with Crippen LogP contribution in [0.3, 0.4) is 0 Å². The summed E-state index contributed by atoms with van der Waals surface area (Å²) in [6, 6.07) is 8.13. The molecule has 0 aliphatic rings. The standard InChI is InChI=1S/C18H19N3O3S/c1-3-24-17(23)14-11-25-18(19-14)20-16(22)9-8-12-10-21(2)15-7-5-4-6-13(12)15/h4-7,10-11H,3,8-9H2,1-2H3,(H,19,20,22). The van der Waals surface area contributed by atoms with Crippen molar-refractivity contribution >= 4 is 39.2 Å². The Labute approximate surface area is 149 Å². The summed E-state index contributed by atoms with van der Waals surface area (Å²) in [5.74, 6) is -0.604. The largest absolute Gasteiger partial charge is 0.461 e. The topological polar surface area (TPSA) is 73.2 Å². The van der Waals surface area contributed by atoms with Crippen LogP contribution >= 0.6 is 11.3 Å². The predicted octanol–water partition coefficient (Wildman–Crippen LogP) is 3.38. The van der Waals surface area contributed by atoms with E-state index in [1.54, 1.807) is 12.3 Å². The third kappa shape index (κ3) is 3.88. The van der Waals surface area contributed by atoms with E-state index in [0.717, 1.165) is 16.5 Å². The molecule has 0 aliphatic heterocycles. The van der Waals surface area contributed by atoms with Gasteiger partial charge in [0.1, 0.15) is 0 Å². The molecule has 1 N–H and O–H groups in total. The molecule has 0 unspecified atom stereocenters. The number of carbonyl (C=O) groups is 2. The molecule has 3 rings (SSSR count). The Morgan fingerprint density at radius 1 is 1.32 bits per heavy atom. The maximum Gasteiger partial charge on any atom is 0.357 e. The van der Waals surface area contributed by atoms with E-state index in [4.69, 9.17) is 4.74 Å². The summed E-state index contributed by atoms with van der Waals surface area (Å²) in [6.07, 6.45) is 3.05. The molecule has 0 spiro atoms. The molecule has 1 aromatic carbocycles. The summed E-state index contributed by atoms with van der Waals surface area (Å²) in [5, 5.41) is 5.89. The number of aromatic nitrogens is 2. The Bertz CT molecular complexity index is 913. The molecule has 0 saturated carbocycles. The lowest BCUT2D eigenvalue weighted by molar-refractivity contribution is -0.116. The van der Waals surface area contributed by atoms with Gasteiger partial charge >= 0.3 is 5.97 Å². The van der Waals surface area contributed by atoms with Crippen LogP contribution in [0.15, 0.2) is 35.8 Å². The fourth-order valence-corrected chi connectivity index (χ4v) is 3.38. The van der Waals surface area contributed by atoms with Crippen LogP contribution in [-0.4, -0.2) is 28.0 Å². The SMILES string of the molecule is CCOC(=O)c1csc(NC(=O)CCc2cn(C)c3ccccc23)n1. The van der Waals surface area contributed by atoms with Crippen molar-refractivity contribution in [2.45, 2.75) is 19.8 Å². The molecule has 0 fully saturated rings. The summed E-state index contributed by atoms with van der Waals surface area (Å²) in [6.45, 7) is 2.03. The van der Waals surface area contributed by atoms with Gasteiger partial charge in [-0.05, 0) is 25.0 Å². The van der Waals surface area contributed by atoms with Gasteiger partial charge in [0.15, 0.2) is 10.8 Å². The van der Waals surface area contributed by atoms with E-state index in [1.807, 2.05) is 19.2 Å². The summed E-state index contributed by atoms with van der Waals surface area (Å²) >= 11 is 1.21. The molecular weight excluding hydrogens is 338 g/mol. The van der Waals surface area contributed by atoms with Gasteiger partial charge in [-0.3, -0.25) is 4.79 Å². The minimum atomic E-state index is -0.477. The van der Waals surface area contributed by atoms with Crippen molar-refractivity contribution in [2.75, 3.05) is 11.9 Å². The highest BCUT2D eigenvalue weighted by molar-refractivity contribution is 7.14. The van der Waals surface area contributed by atoms with Crippen molar-refractivity contribution in [2.24, 2.45) is 7.05 Å². The molecule has 3 aromatic rings. The van der Waals surface area contributed by atoms with Crippen molar-refractivity contribution in [1.82, 2.24) is 9.55 Å². The second-order valence-corrected chi connectivity index (χ2v) is 6.45. The number of carbonyl (C=O) groups excluding carboxylic acids is 2. The van der Waals surface area contributed by atoms with E-state index in [2.05, 4.69) is 33.2 Å². The summed E-state index contributed by atoms with van der Waals surface area (Å²) in [4.78, 5) is 27.8. The Kier molecular flexibility index (Phi) is 5.14. The zero-order chi connectivity index (χ0) is 17.8. The van der Waals surface area contributed by atoms with Crippen LogP contribution in [0.2, 0.25) is 0 Å². The Morgan fingerprint density at radius 2 is 2.12 bits per heavy atom. The van der Waals surface area contributed by atoms with Crippen LogP contribution < -0.4 is 5.32 Å². The number of para-hydroxylation sites is 1. The lowest BCUT2D eigenvalue weighted by atomic mass is 10.1. The monoisotopic (exact) mass is 357 g/mol. The van der Waals surface area contributed by atoms with Crippen molar-refractivity contribution < 1.29 is 14.3 Å². The van der Waals surface area contributed by atoms with Gasteiger partial charge in [0.05, 0.1) is 6.61 Å². The lowest BCUT2D eigenvalue weighted by Crippen LogP contribution is -2.12. The number of aryl methyl sites for hydroxylation is 2. The lowest BCUT2D eigenvalue weighted by Gasteiger charge is -2.01. The number of nitrogens with zero attached hydrogens (tertiary/aromatic N) is 2. The number of hydrogen-bond donors (Lipinski definition) is 1. The van der Waals surface area contributed by atoms with Crippen molar-refractivity contribution in [3.8, 4) is 0 Å². The van der Waals surface area contributed by atoms with Crippen LogP contribution in [0.5, 0.6) is 0 Å². The number of thiazole rings is 1. The van der Waals surface area contributed by atoms with Gasteiger partial charge in [-0.2, -0.15) is 0 Å². The van der Waals surface area contributed by atoms with Gasteiger partial charge < -0.3 is 14.6 Å². The molecule has 7 heteroatoms.